The van der Waals surface area contributed by atoms with Crippen molar-refractivity contribution in [1.82, 2.24) is 19.9 Å². The first kappa shape index (κ1) is 33.8. The molecule has 3 heterocycles. The summed E-state index contributed by atoms with van der Waals surface area (Å²) in [5.74, 6) is 0. The van der Waals surface area contributed by atoms with Crippen molar-refractivity contribution in [2.24, 2.45) is 0 Å². The van der Waals surface area contributed by atoms with Crippen LogP contribution < -0.4 is 4.72 Å². The van der Waals surface area contributed by atoms with E-state index in [4.69, 9.17) is 9.72 Å². The van der Waals surface area contributed by atoms with Gasteiger partial charge in [-0.15, -0.1) is 11.3 Å². The molecule has 3 aromatic heterocycles. The van der Waals surface area contributed by atoms with E-state index in [1.807, 2.05) is 29.8 Å². The molecule has 0 aliphatic heterocycles. The highest BCUT2D eigenvalue weighted by Crippen LogP contribution is 2.33. The number of carbonyl (C=O) groups is 1. The van der Waals surface area contributed by atoms with Gasteiger partial charge in [0.15, 0.2) is 0 Å². The number of pyridine rings is 1. The number of hydrogen-bond acceptors (Lipinski definition) is 8. The fourth-order valence-corrected chi connectivity index (χ4v) is 7.16. The van der Waals surface area contributed by atoms with Crippen LogP contribution in [0.4, 0.5) is 10.5 Å². The van der Waals surface area contributed by atoms with Crippen LogP contribution in [0.25, 0.3) is 32.7 Å². The Kier molecular flexibility index (Phi) is 9.81. The number of ether oxygens (including phenoxy) is 1. The van der Waals surface area contributed by atoms with E-state index in [2.05, 4.69) is 20.8 Å². The van der Waals surface area contributed by atoms with Crippen LogP contribution in [0.1, 0.15) is 38.0 Å². The summed E-state index contributed by atoms with van der Waals surface area (Å²) >= 11 is 1.50. The molecule has 6 rings (SSSR count). The molecule has 0 radical (unpaired) electrons. The summed E-state index contributed by atoms with van der Waals surface area (Å²) in [4.78, 5) is 26.7. The Morgan fingerprint density at radius 2 is 1.78 bits per heavy atom. The Hall–Kier alpha value is -5.04. The summed E-state index contributed by atoms with van der Waals surface area (Å²) in [7, 11) is -3.85. The molecule has 0 spiro atoms. The number of fused-ring (bicyclic) bond motifs is 1. The molecule has 0 fully saturated rings. The summed E-state index contributed by atoms with van der Waals surface area (Å²) in [6.45, 7) is 5.68. The van der Waals surface area contributed by atoms with Crippen LogP contribution >= 0.6 is 11.3 Å². The molecular formula is C37H37N5O5S2. The number of H-pyrrole nitrogens is 1. The third-order valence-corrected chi connectivity index (χ3v) is 10.1. The van der Waals surface area contributed by atoms with Gasteiger partial charge in [-0.05, 0) is 69.2 Å². The second kappa shape index (κ2) is 14.2. The van der Waals surface area contributed by atoms with Gasteiger partial charge in [0, 0.05) is 63.8 Å². The number of aromatic amines is 1. The van der Waals surface area contributed by atoms with Crippen LogP contribution in [0, 0.1) is 0 Å². The van der Waals surface area contributed by atoms with Crippen LogP contribution in [0.5, 0.6) is 0 Å². The number of para-hydroxylation sites is 1. The summed E-state index contributed by atoms with van der Waals surface area (Å²) in [5, 5.41) is 14.7. The maximum absolute atomic E-state index is 13.2. The molecule has 49 heavy (non-hydrogen) atoms. The van der Waals surface area contributed by atoms with Crippen LogP contribution in [0.15, 0.2) is 114 Å². The minimum atomic E-state index is -3.85. The minimum absolute atomic E-state index is 0.0328. The second-order valence-electron chi connectivity index (χ2n) is 12.6. The smallest absolute Gasteiger partial charge is 0.410 e. The van der Waals surface area contributed by atoms with Gasteiger partial charge in [-0.3, -0.25) is 9.71 Å². The van der Waals surface area contributed by atoms with E-state index in [1.54, 1.807) is 93.8 Å². The average Bonchev–Trinajstić information content (AvgIpc) is 3.74. The van der Waals surface area contributed by atoms with Crippen molar-refractivity contribution in [3.8, 4) is 21.8 Å². The van der Waals surface area contributed by atoms with Crippen molar-refractivity contribution in [2.45, 2.75) is 43.8 Å². The van der Waals surface area contributed by atoms with Crippen LogP contribution in [0.2, 0.25) is 0 Å². The molecule has 0 aliphatic rings. The van der Waals surface area contributed by atoms with Gasteiger partial charge in [0.1, 0.15) is 10.6 Å². The molecule has 10 nitrogen and oxygen atoms in total. The number of amides is 1. The molecule has 0 saturated heterocycles. The van der Waals surface area contributed by atoms with Gasteiger partial charge in [-0.1, -0.05) is 48.5 Å². The number of aliphatic hydroxyl groups excluding tert-OH is 1. The monoisotopic (exact) mass is 695 g/mol. The Bertz CT molecular complexity index is 2140. The number of anilines is 1. The molecule has 0 aliphatic carbocycles. The Labute approximate surface area is 289 Å². The molecule has 1 atom stereocenters. The standard InChI is InChI=1S/C37H37N5O5S2/c1-37(2,3)47-36(44)42(23-34(43)27-7-6-19-38-21-27)20-18-25-10-14-28(15-11-25)41-49(45,46)29-16-12-26(13-17-29)35-40-33(24-48-35)31-22-39-32-9-5-4-8-30(31)32/h4-17,19,21-22,24,34,39,41,43H,18,20,23H2,1-3H3/t34-/m0/s1. The zero-order valence-corrected chi connectivity index (χ0v) is 29.0. The van der Waals surface area contributed by atoms with E-state index in [9.17, 15) is 18.3 Å². The van der Waals surface area contributed by atoms with E-state index < -0.39 is 27.8 Å². The van der Waals surface area contributed by atoms with Gasteiger partial charge in [-0.25, -0.2) is 18.2 Å². The first-order valence-electron chi connectivity index (χ1n) is 15.8. The third-order valence-electron chi connectivity index (χ3n) is 7.77. The van der Waals surface area contributed by atoms with Gasteiger partial charge in [0.2, 0.25) is 0 Å². The molecule has 0 saturated carbocycles. The van der Waals surface area contributed by atoms with Gasteiger partial charge < -0.3 is 19.7 Å². The number of nitrogens with one attached hydrogen (secondary N) is 2. The lowest BCUT2D eigenvalue weighted by atomic mass is 10.1. The molecule has 252 valence electrons. The van der Waals surface area contributed by atoms with Crippen LogP contribution in [-0.4, -0.2) is 58.2 Å². The van der Waals surface area contributed by atoms with Crippen LogP contribution in [-0.2, 0) is 21.2 Å². The molecule has 0 unspecified atom stereocenters. The lowest BCUT2D eigenvalue weighted by Gasteiger charge is -2.29. The summed E-state index contributed by atoms with van der Waals surface area (Å²) in [5.41, 5.74) is 4.94. The lowest BCUT2D eigenvalue weighted by Crippen LogP contribution is -2.40. The number of carbonyl (C=O) groups excluding carboxylic acids is 1. The highest BCUT2D eigenvalue weighted by Gasteiger charge is 2.25. The average molecular weight is 696 g/mol. The first-order chi connectivity index (χ1) is 23.4. The number of aliphatic hydroxyl groups is 1. The van der Waals surface area contributed by atoms with Crippen molar-refractivity contribution >= 4 is 44.0 Å². The molecule has 6 aromatic rings. The van der Waals surface area contributed by atoms with Crippen molar-refractivity contribution in [3.05, 3.63) is 120 Å². The van der Waals surface area contributed by atoms with Gasteiger partial charge >= 0.3 is 6.09 Å². The zero-order valence-electron chi connectivity index (χ0n) is 27.3. The van der Waals surface area contributed by atoms with Crippen molar-refractivity contribution in [3.63, 3.8) is 0 Å². The largest absolute Gasteiger partial charge is 0.444 e. The fourth-order valence-electron chi connectivity index (χ4n) is 5.28. The first-order valence-corrected chi connectivity index (χ1v) is 18.1. The summed E-state index contributed by atoms with van der Waals surface area (Å²) < 4.78 is 34.7. The van der Waals surface area contributed by atoms with E-state index in [1.165, 1.54) is 16.2 Å². The molecular weight excluding hydrogens is 659 g/mol. The van der Waals surface area contributed by atoms with Crippen molar-refractivity contribution in [1.29, 1.82) is 0 Å². The zero-order chi connectivity index (χ0) is 34.6. The number of aromatic nitrogens is 3. The molecule has 3 N–H and O–H groups in total. The normalized spacial score (nSPS) is 12.5. The Morgan fingerprint density at radius 3 is 2.49 bits per heavy atom. The number of nitrogens with zero attached hydrogens (tertiary/aromatic N) is 3. The van der Waals surface area contributed by atoms with Gasteiger partial charge in [0.25, 0.3) is 10.0 Å². The van der Waals surface area contributed by atoms with Gasteiger partial charge in [0.05, 0.1) is 23.2 Å². The Morgan fingerprint density at radius 1 is 1.02 bits per heavy atom. The van der Waals surface area contributed by atoms with Crippen molar-refractivity contribution < 1.29 is 23.1 Å². The fraction of sp³-hybridized carbons (Fsp3) is 0.216. The van der Waals surface area contributed by atoms with E-state index in [-0.39, 0.29) is 18.0 Å². The second-order valence-corrected chi connectivity index (χ2v) is 15.1. The molecule has 3 aromatic carbocycles. The lowest BCUT2D eigenvalue weighted by molar-refractivity contribution is 0.0146. The Balaban J connectivity index is 1.08. The number of hydrogen-bond donors (Lipinski definition) is 3. The number of sulfonamides is 1. The molecule has 1 amide bonds. The SMILES string of the molecule is CC(C)(C)OC(=O)N(CCc1ccc(NS(=O)(=O)c2ccc(-c3nc(-c4c[nH]c5ccccc45)cs3)cc2)cc1)C[C@H](O)c1cccnc1. The number of rotatable bonds is 11. The number of thiazole rings is 1. The maximum Gasteiger partial charge on any atom is 0.410 e. The van der Waals surface area contributed by atoms with Crippen molar-refractivity contribution in [2.75, 3.05) is 17.8 Å². The predicted molar refractivity (Wildman–Crippen MR) is 193 cm³/mol. The molecule has 12 heteroatoms. The van der Waals surface area contributed by atoms with E-state index in [0.29, 0.717) is 17.7 Å². The maximum atomic E-state index is 13.2. The quantitative estimate of drug-likeness (QED) is 0.127. The number of benzene rings is 3. The van der Waals surface area contributed by atoms with E-state index >= 15 is 0 Å². The minimum Gasteiger partial charge on any atom is -0.444 e. The van der Waals surface area contributed by atoms with E-state index in [0.717, 1.165) is 38.3 Å². The van der Waals surface area contributed by atoms with Crippen LogP contribution in [0.3, 0.4) is 0 Å². The summed E-state index contributed by atoms with van der Waals surface area (Å²) in [6.07, 6.45) is 4.13. The summed E-state index contributed by atoms with van der Waals surface area (Å²) in [6, 6.07) is 25.2. The van der Waals surface area contributed by atoms with Gasteiger partial charge in [-0.2, -0.15) is 0 Å². The highest BCUT2D eigenvalue weighted by molar-refractivity contribution is 7.92. The highest BCUT2D eigenvalue weighted by atomic mass is 32.2. The topological polar surface area (TPSA) is 138 Å². The predicted octanol–water partition coefficient (Wildman–Crippen LogP) is 7.67. The third kappa shape index (κ3) is 8.34. The molecule has 0 bridgehead atoms.